The molecular weight excluding hydrogens is 510 g/mol. The summed E-state index contributed by atoms with van der Waals surface area (Å²) in [6.07, 6.45) is 5.06. The Bertz CT molecular complexity index is 1270. The van der Waals surface area contributed by atoms with Crippen molar-refractivity contribution in [1.29, 1.82) is 0 Å². The van der Waals surface area contributed by atoms with Crippen LogP contribution in [0.4, 0.5) is 0 Å². The van der Waals surface area contributed by atoms with Crippen molar-refractivity contribution in [3.63, 3.8) is 0 Å². The lowest BCUT2D eigenvalue weighted by atomic mass is 9.80. The molecule has 0 radical (unpaired) electrons. The van der Waals surface area contributed by atoms with Crippen molar-refractivity contribution < 1.29 is 14.4 Å². The predicted molar refractivity (Wildman–Crippen MR) is 154 cm³/mol. The summed E-state index contributed by atoms with van der Waals surface area (Å²) in [5.41, 5.74) is 7.99. The number of rotatable bonds is 9. The summed E-state index contributed by atoms with van der Waals surface area (Å²) in [6, 6.07) is 16.0. The molecule has 0 spiro atoms. The van der Waals surface area contributed by atoms with Gasteiger partial charge in [-0.15, -0.1) is 11.3 Å². The van der Waals surface area contributed by atoms with Crippen molar-refractivity contribution in [3.8, 4) is 0 Å². The number of nitrogens with two attached hydrogens (primary N) is 1. The number of hydrogen-bond acceptors (Lipinski definition) is 7. The second kappa shape index (κ2) is 12.4. The Balaban J connectivity index is 1.34. The van der Waals surface area contributed by atoms with Crippen LogP contribution in [0.1, 0.15) is 53.9 Å². The van der Waals surface area contributed by atoms with Gasteiger partial charge in [-0.25, -0.2) is 4.98 Å². The molecule has 2 aromatic carbocycles. The molecule has 3 aromatic rings. The van der Waals surface area contributed by atoms with Crippen LogP contribution in [0.5, 0.6) is 0 Å². The van der Waals surface area contributed by atoms with E-state index in [0.717, 1.165) is 47.9 Å². The number of likely N-dealkylation sites (N-methyl/N-ethyl adjacent to an activating group) is 1. The Morgan fingerprint density at radius 1 is 1.03 bits per heavy atom. The maximum absolute atomic E-state index is 13.8. The second-order valence-corrected chi connectivity index (χ2v) is 11.8. The number of benzene rings is 2. The van der Waals surface area contributed by atoms with Crippen LogP contribution in [-0.4, -0.2) is 65.2 Å². The van der Waals surface area contributed by atoms with E-state index in [2.05, 4.69) is 15.6 Å². The Kier molecular flexibility index (Phi) is 8.69. The highest BCUT2D eigenvalue weighted by Gasteiger charge is 2.40. The number of likely N-dealkylation sites (tertiary alicyclic amines) is 1. The largest absolute Gasteiger partial charge is 0.344 e. The highest BCUT2D eigenvalue weighted by atomic mass is 32.1. The van der Waals surface area contributed by atoms with Gasteiger partial charge in [-0.3, -0.25) is 14.4 Å². The first-order valence-electron chi connectivity index (χ1n) is 13.9. The molecule has 4 N–H and O–H groups in total. The third-order valence-corrected chi connectivity index (χ3v) is 9.19. The van der Waals surface area contributed by atoms with E-state index in [0.29, 0.717) is 24.4 Å². The van der Waals surface area contributed by atoms with Gasteiger partial charge in [0.25, 0.3) is 0 Å². The molecule has 2 amide bonds. The molecule has 3 atom stereocenters. The number of carbonyl (C=O) groups excluding carboxylic acids is 3. The molecule has 9 heteroatoms. The molecule has 2 fully saturated rings. The van der Waals surface area contributed by atoms with Gasteiger partial charge < -0.3 is 21.3 Å². The lowest BCUT2D eigenvalue weighted by molar-refractivity contribution is -0.140. The van der Waals surface area contributed by atoms with Gasteiger partial charge in [0, 0.05) is 12.6 Å². The Labute approximate surface area is 233 Å². The highest BCUT2D eigenvalue weighted by molar-refractivity contribution is 7.20. The van der Waals surface area contributed by atoms with Crippen molar-refractivity contribution >= 4 is 39.2 Å². The number of ketones is 1. The van der Waals surface area contributed by atoms with Crippen LogP contribution >= 0.6 is 11.3 Å². The summed E-state index contributed by atoms with van der Waals surface area (Å²) in [4.78, 5) is 47.4. The predicted octanol–water partition coefficient (Wildman–Crippen LogP) is 3.30. The Morgan fingerprint density at radius 3 is 2.46 bits per heavy atom. The van der Waals surface area contributed by atoms with Crippen LogP contribution < -0.4 is 16.4 Å². The minimum Gasteiger partial charge on any atom is -0.344 e. The van der Waals surface area contributed by atoms with E-state index in [1.165, 1.54) is 11.3 Å². The van der Waals surface area contributed by atoms with Gasteiger partial charge in [0.1, 0.15) is 6.04 Å². The minimum atomic E-state index is -0.687. The number of nitrogens with one attached hydrogen (secondary N) is 2. The molecule has 1 aliphatic heterocycles. The van der Waals surface area contributed by atoms with Crippen molar-refractivity contribution in [3.05, 3.63) is 65.2 Å². The smallest absolute Gasteiger partial charge is 0.243 e. The van der Waals surface area contributed by atoms with Gasteiger partial charge >= 0.3 is 0 Å². The van der Waals surface area contributed by atoms with E-state index in [9.17, 15) is 14.4 Å². The molecule has 0 bridgehead atoms. The summed E-state index contributed by atoms with van der Waals surface area (Å²) >= 11 is 1.36. The van der Waals surface area contributed by atoms with Gasteiger partial charge in [-0.1, -0.05) is 42.5 Å². The van der Waals surface area contributed by atoms with Gasteiger partial charge in [-0.05, 0) is 75.6 Å². The molecule has 5 rings (SSSR count). The normalized spacial score (nSPS) is 22.9. The number of carbonyl (C=O) groups is 3. The molecule has 1 saturated heterocycles. The maximum Gasteiger partial charge on any atom is 0.243 e. The zero-order chi connectivity index (χ0) is 27.4. The number of fused-ring (bicyclic) bond motifs is 1. The standard InChI is InChI=1S/C30H37N5O3S/c1-32-23(18-19-8-3-2-4-9-19)30(38)35-17-7-11-24(35)28(37)34-26(20-13-15-21(31)16-14-20)27(36)29-33-22-10-5-6-12-25(22)39-29/h2-6,8-10,12,20-21,23-24,26,32H,7,11,13-18,31H2,1H3,(H,34,37)/t20?,21?,23-,24+,26?/m1/s1. The molecule has 1 aromatic heterocycles. The first-order valence-corrected chi connectivity index (χ1v) is 14.7. The molecule has 1 saturated carbocycles. The quantitative estimate of drug-likeness (QED) is 0.354. The topological polar surface area (TPSA) is 117 Å². The Hall–Kier alpha value is -3.14. The van der Waals surface area contributed by atoms with Gasteiger partial charge in [0.15, 0.2) is 5.01 Å². The fraction of sp³-hybridized carbons (Fsp3) is 0.467. The van der Waals surface area contributed by atoms with Crippen molar-refractivity contribution in [2.75, 3.05) is 13.6 Å². The van der Waals surface area contributed by atoms with E-state index in [4.69, 9.17) is 5.73 Å². The van der Waals surface area contributed by atoms with E-state index >= 15 is 0 Å². The van der Waals surface area contributed by atoms with Gasteiger partial charge in [-0.2, -0.15) is 0 Å². The summed E-state index contributed by atoms with van der Waals surface area (Å²) in [7, 11) is 1.77. The lowest BCUT2D eigenvalue weighted by Crippen LogP contribution is -2.56. The van der Waals surface area contributed by atoms with E-state index in [-0.39, 0.29) is 29.6 Å². The van der Waals surface area contributed by atoms with Crippen LogP contribution in [0.2, 0.25) is 0 Å². The van der Waals surface area contributed by atoms with Crippen molar-refractivity contribution in [2.45, 2.75) is 69.1 Å². The molecule has 39 heavy (non-hydrogen) atoms. The first-order chi connectivity index (χ1) is 18.9. The summed E-state index contributed by atoms with van der Waals surface area (Å²) in [5, 5.41) is 6.65. The fourth-order valence-electron chi connectivity index (χ4n) is 5.90. The van der Waals surface area contributed by atoms with Crippen molar-refractivity contribution in [2.24, 2.45) is 11.7 Å². The summed E-state index contributed by atoms with van der Waals surface area (Å²) < 4.78 is 0.945. The van der Waals surface area contributed by atoms with Crippen LogP contribution in [0, 0.1) is 5.92 Å². The molecular formula is C30H37N5O3S. The van der Waals surface area contributed by atoms with E-state index in [1.807, 2.05) is 54.6 Å². The number of para-hydroxylation sites is 1. The SMILES string of the molecule is CN[C@H](Cc1ccccc1)C(=O)N1CCC[C@H]1C(=O)NC(C(=O)c1nc2ccccc2s1)C1CCC(N)CC1. The molecule has 8 nitrogen and oxygen atoms in total. The highest BCUT2D eigenvalue weighted by Crippen LogP contribution is 2.31. The number of aromatic nitrogens is 1. The average molecular weight is 548 g/mol. The van der Waals surface area contributed by atoms with Crippen LogP contribution in [-0.2, 0) is 16.0 Å². The Morgan fingerprint density at radius 2 is 1.74 bits per heavy atom. The summed E-state index contributed by atoms with van der Waals surface area (Å²) in [5.74, 6) is -0.513. The number of Topliss-reactive ketones (excluding diaryl/α,β-unsaturated/α-hetero) is 1. The van der Waals surface area contributed by atoms with Crippen molar-refractivity contribution in [1.82, 2.24) is 20.5 Å². The molecule has 2 heterocycles. The second-order valence-electron chi connectivity index (χ2n) is 10.7. The van der Waals surface area contributed by atoms with E-state index in [1.54, 1.807) is 11.9 Å². The third-order valence-electron chi connectivity index (χ3n) is 8.14. The molecule has 1 unspecified atom stereocenters. The van der Waals surface area contributed by atoms with E-state index < -0.39 is 18.1 Å². The maximum atomic E-state index is 13.8. The van der Waals surface area contributed by atoms with Gasteiger partial charge in [0.05, 0.1) is 22.3 Å². The zero-order valence-electron chi connectivity index (χ0n) is 22.3. The minimum absolute atomic E-state index is 0.0121. The molecule has 2 aliphatic rings. The fourth-order valence-corrected chi connectivity index (χ4v) is 6.85. The number of hydrogen-bond donors (Lipinski definition) is 3. The summed E-state index contributed by atoms with van der Waals surface area (Å²) in [6.45, 7) is 0.526. The third kappa shape index (κ3) is 6.21. The first kappa shape index (κ1) is 27.4. The zero-order valence-corrected chi connectivity index (χ0v) is 23.2. The number of amides is 2. The monoisotopic (exact) mass is 547 g/mol. The lowest BCUT2D eigenvalue weighted by Gasteiger charge is -2.34. The van der Waals surface area contributed by atoms with Crippen LogP contribution in [0.3, 0.4) is 0 Å². The average Bonchev–Trinajstić information content (AvgIpc) is 3.63. The van der Waals surface area contributed by atoms with Crippen LogP contribution in [0.25, 0.3) is 10.2 Å². The molecule has 206 valence electrons. The molecule has 1 aliphatic carbocycles. The number of nitrogens with zero attached hydrogens (tertiary/aromatic N) is 2. The van der Waals surface area contributed by atoms with Gasteiger partial charge in [0.2, 0.25) is 17.6 Å². The van der Waals surface area contributed by atoms with Crippen LogP contribution in [0.15, 0.2) is 54.6 Å². The number of thiazole rings is 1.